The lowest BCUT2D eigenvalue weighted by Gasteiger charge is -2.21. The third-order valence-electron chi connectivity index (χ3n) is 4.63. The highest BCUT2D eigenvalue weighted by molar-refractivity contribution is 6.07. The van der Waals surface area contributed by atoms with Crippen LogP contribution < -0.4 is 5.32 Å². The minimum absolute atomic E-state index is 0.0762. The summed E-state index contributed by atoms with van der Waals surface area (Å²) in [6, 6.07) is 11.6. The quantitative estimate of drug-likeness (QED) is 0.426. The Bertz CT molecular complexity index is 1230. The lowest BCUT2D eigenvalue weighted by Crippen LogP contribution is -2.27. The summed E-state index contributed by atoms with van der Waals surface area (Å²) in [4.78, 5) is 46.3. The van der Waals surface area contributed by atoms with E-state index in [1.165, 1.54) is 32.7 Å². The fraction of sp³-hybridized carbons (Fsp3) is 0.240. The molecule has 1 aromatic carbocycles. The molecule has 0 spiro atoms. The number of pyridine rings is 2. The average Bonchev–Trinajstić information content (AvgIpc) is 2.81. The van der Waals surface area contributed by atoms with Crippen molar-refractivity contribution in [1.82, 2.24) is 9.97 Å². The third-order valence-corrected chi connectivity index (χ3v) is 4.63. The van der Waals surface area contributed by atoms with Gasteiger partial charge in [0.1, 0.15) is 17.0 Å². The first-order valence-corrected chi connectivity index (χ1v) is 10.4. The molecule has 34 heavy (non-hydrogen) atoms. The topological polar surface area (TPSA) is 117 Å². The minimum atomic E-state index is -0.691. The number of ether oxygens (including phenoxy) is 3. The SMILES string of the molecule is COC(=O)c1cccnc1-c1nccc(-c2ccccc2NC(=O)OC(C)(C)C)c1C(=O)OC. The number of anilines is 1. The fourth-order valence-electron chi connectivity index (χ4n) is 3.28. The lowest BCUT2D eigenvalue weighted by atomic mass is 9.95. The molecule has 9 heteroatoms. The van der Waals surface area contributed by atoms with Gasteiger partial charge in [-0.3, -0.25) is 15.3 Å². The highest BCUT2D eigenvalue weighted by atomic mass is 16.6. The Hall–Kier alpha value is -4.27. The van der Waals surface area contributed by atoms with E-state index in [0.29, 0.717) is 16.8 Å². The lowest BCUT2D eigenvalue weighted by molar-refractivity contribution is 0.0589. The number of hydrogen-bond donors (Lipinski definition) is 1. The Morgan fingerprint density at radius 3 is 2.15 bits per heavy atom. The Labute approximate surface area is 197 Å². The van der Waals surface area contributed by atoms with Crippen LogP contribution in [0.25, 0.3) is 22.5 Å². The fourth-order valence-corrected chi connectivity index (χ4v) is 3.28. The Morgan fingerprint density at radius 1 is 0.794 bits per heavy atom. The van der Waals surface area contributed by atoms with Crippen molar-refractivity contribution in [2.75, 3.05) is 19.5 Å². The molecule has 1 N–H and O–H groups in total. The summed E-state index contributed by atoms with van der Waals surface area (Å²) >= 11 is 0. The van der Waals surface area contributed by atoms with Crippen LogP contribution >= 0.6 is 0 Å². The van der Waals surface area contributed by atoms with Gasteiger partial charge in [-0.1, -0.05) is 18.2 Å². The zero-order valence-electron chi connectivity index (χ0n) is 19.5. The predicted octanol–water partition coefficient (Wildman–Crippen LogP) is 4.73. The van der Waals surface area contributed by atoms with E-state index in [2.05, 4.69) is 15.3 Å². The van der Waals surface area contributed by atoms with Gasteiger partial charge in [-0.05, 0) is 45.0 Å². The second kappa shape index (κ2) is 10.1. The number of aromatic nitrogens is 2. The molecule has 0 aliphatic carbocycles. The molecular formula is C25H25N3O6. The maximum Gasteiger partial charge on any atom is 0.412 e. The summed E-state index contributed by atoms with van der Waals surface area (Å²) in [6.07, 6.45) is 2.32. The van der Waals surface area contributed by atoms with E-state index in [4.69, 9.17) is 14.2 Å². The first-order chi connectivity index (χ1) is 16.2. The number of esters is 2. The van der Waals surface area contributed by atoms with Crippen LogP contribution in [-0.2, 0) is 14.2 Å². The predicted molar refractivity (Wildman–Crippen MR) is 125 cm³/mol. The van der Waals surface area contributed by atoms with Crippen LogP contribution in [0.5, 0.6) is 0 Å². The van der Waals surface area contributed by atoms with Crippen molar-refractivity contribution in [3.05, 3.63) is 66.0 Å². The maximum absolute atomic E-state index is 13.0. The smallest absolute Gasteiger partial charge is 0.412 e. The number of carbonyl (C=O) groups is 3. The van der Waals surface area contributed by atoms with Crippen molar-refractivity contribution < 1.29 is 28.6 Å². The summed E-state index contributed by atoms with van der Waals surface area (Å²) in [5.74, 6) is -1.32. The number of nitrogens with one attached hydrogen (secondary N) is 1. The van der Waals surface area contributed by atoms with E-state index in [9.17, 15) is 14.4 Å². The van der Waals surface area contributed by atoms with Crippen molar-refractivity contribution in [3.63, 3.8) is 0 Å². The Kier molecular flexibility index (Phi) is 7.25. The van der Waals surface area contributed by atoms with Crippen LogP contribution in [0.4, 0.5) is 10.5 Å². The molecule has 0 bridgehead atoms. The standard InChI is InChI=1S/C25H25N3O6/c1-25(2,3)34-24(31)28-18-11-7-6-9-15(18)16-12-14-27-21(19(16)23(30)33-5)20-17(22(29)32-4)10-8-13-26-20/h6-14H,1-5H3,(H,28,31). The van der Waals surface area contributed by atoms with Crippen molar-refractivity contribution in [2.45, 2.75) is 26.4 Å². The molecule has 176 valence electrons. The highest BCUT2D eigenvalue weighted by Crippen LogP contribution is 2.36. The van der Waals surface area contributed by atoms with E-state index in [1.54, 1.807) is 57.2 Å². The van der Waals surface area contributed by atoms with Crippen LogP contribution in [-0.4, -0.2) is 47.8 Å². The molecular weight excluding hydrogens is 438 g/mol. The molecule has 3 rings (SSSR count). The average molecular weight is 463 g/mol. The Morgan fingerprint density at radius 2 is 1.47 bits per heavy atom. The molecule has 2 heterocycles. The van der Waals surface area contributed by atoms with E-state index < -0.39 is 23.6 Å². The number of methoxy groups -OCH3 is 2. The first-order valence-electron chi connectivity index (χ1n) is 10.4. The number of nitrogens with zero attached hydrogens (tertiary/aromatic N) is 2. The van der Waals surface area contributed by atoms with E-state index in [-0.39, 0.29) is 22.5 Å². The van der Waals surface area contributed by atoms with Gasteiger partial charge >= 0.3 is 18.0 Å². The normalized spacial score (nSPS) is 10.9. The number of amides is 1. The molecule has 9 nitrogen and oxygen atoms in total. The van der Waals surface area contributed by atoms with Crippen molar-refractivity contribution in [2.24, 2.45) is 0 Å². The monoisotopic (exact) mass is 463 g/mol. The highest BCUT2D eigenvalue weighted by Gasteiger charge is 2.26. The van der Waals surface area contributed by atoms with Gasteiger partial charge in [0.05, 0.1) is 31.0 Å². The van der Waals surface area contributed by atoms with Crippen molar-refractivity contribution in [3.8, 4) is 22.5 Å². The number of carbonyl (C=O) groups excluding carboxylic acids is 3. The molecule has 0 atom stereocenters. The molecule has 0 fully saturated rings. The van der Waals surface area contributed by atoms with Gasteiger partial charge in [-0.15, -0.1) is 0 Å². The second-order valence-electron chi connectivity index (χ2n) is 8.14. The maximum atomic E-state index is 13.0. The Balaban J connectivity index is 2.21. The molecule has 0 saturated carbocycles. The van der Waals surface area contributed by atoms with Crippen molar-refractivity contribution >= 4 is 23.7 Å². The minimum Gasteiger partial charge on any atom is -0.465 e. The number of hydrogen-bond acceptors (Lipinski definition) is 8. The van der Waals surface area contributed by atoms with Crippen LogP contribution in [0.1, 0.15) is 41.5 Å². The van der Waals surface area contributed by atoms with E-state index in [1.807, 2.05) is 0 Å². The number of benzene rings is 1. The third kappa shape index (κ3) is 5.37. The van der Waals surface area contributed by atoms with Crippen LogP contribution in [0.15, 0.2) is 54.9 Å². The van der Waals surface area contributed by atoms with Crippen LogP contribution in [0.3, 0.4) is 0 Å². The summed E-state index contributed by atoms with van der Waals surface area (Å²) in [7, 11) is 2.50. The van der Waals surface area contributed by atoms with Gasteiger partial charge in [0.2, 0.25) is 0 Å². The largest absolute Gasteiger partial charge is 0.465 e. The van der Waals surface area contributed by atoms with Crippen molar-refractivity contribution in [1.29, 1.82) is 0 Å². The zero-order valence-corrected chi connectivity index (χ0v) is 19.5. The molecule has 0 saturated heterocycles. The molecule has 0 aliphatic rings. The van der Waals surface area contributed by atoms with Crippen LogP contribution in [0.2, 0.25) is 0 Å². The summed E-state index contributed by atoms with van der Waals surface area (Å²) in [5, 5.41) is 2.72. The van der Waals surface area contributed by atoms with Gasteiger partial charge in [0.15, 0.2) is 0 Å². The van der Waals surface area contributed by atoms with Gasteiger partial charge in [-0.25, -0.2) is 14.4 Å². The van der Waals surface area contributed by atoms with Gasteiger partial charge in [-0.2, -0.15) is 0 Å². The summed E-state index contributed by atoms with van der Waals surface area (Å²) < 4.78 is 15.3. The van der Waals surface area contributed by atoms with E-state index in [0.717, 1.165) is 0 Å². The molecule has 3 aromatic rings. The molecule has 1 amide bonds. The molecule has 0 aliphatic heterocycles. The molecule has 2 aromatic heterocycles. The van der Waals surface area contributed by atoms with Gasteiger partial charge < -0.3 is 14.2 Å². The van der Waals surface area contributed by atoms with Crippen LogP contribution in [0, 0.1) is 0 Å². The number of rotatable bonds is 5. The second-order valence-corrected chi connectivity index (χ2v) is 8.14. The molecule has 0 radical (unpaired) electrons. The first kappa shape index (κ1) is 24.4. The molecule has 0 unspecified atom stereocenters. The van der Waals surface area contributed by atoms with Gasteiger partial charge in [0, 0.05) is 23.5 Å². The summed E-state index contributed by atoms with van der Waals surface area (Å²) in [6.45, 7) is 5.28. The van der Waals surface area contributed by atoms with Gasteiger partial charge in [0.25, 0.3) is 0 Å². The van der Waals surface area contributed by atoms with E-state index >= 15 is 0 Å². The zero-order chi connectivity index (χ0) is 24.9. The summed E-state index contributed by atoms with van der Waals surface area (Å²) in [5.41, 5.74) is 1.17. The number of para-hydroxylation sites is 1.